The normalized spacial score (nSPS) is 15.9. The quantitative estimate of drug-likeness (QED) is 0.605. The Morgan fingerprint density at radius 1 is 1.18 bits per heavy atom. The molecule has 0 spiro atoms. The number of carbonyl (C=O) groups is 2. The number of nitrogens with zero attached hydrogens (tertiary/aromatic N) is 1. The molecule has 2 rings (SSSR count). The van der Waals surface area contributed by atoms with Crippen molar-refractivity contribution >= 4 is 11.9 Å². The summed E-state index contributed by atoms with van der Waals surface area (Å²) in [6, 6.07) is 5.08. The van der Waals surface area contributed by atoms with Gasteiger partial charge in [0.1, 0.15) is 11.9 Å². The van der Waals surface area contributed by atoms with E-state index in [2.05, 4.69) is 22.9 Å². The lowest BCUT2D eigenvalue weighted by molar-refractivity contribution is -0.134. The average Bonchev–Trinajstić information content (AvgIpc) is 2.71. The molecule has 0 radical (unpaired) electrons. The highest BCUT2D eigenvalue weighted by Gasteiger charge is 2.28. The van der Waals surface area contributed by atoms with Crippen LogP contribution >= 0.6 is 0 Å². The Labute approximate surface area is 167 Å². The number of likely N-dealkylation sites (tertiary alicyclic amines) is 1. The Kier molecular flexibility index (Phi) is 9.20. The van der Waals surface area contributed by atoms with Crippen molar-refractivity contribution in [3.63, 3.8) is 0 Å². The molecule has 1 aliphatic rings. The van der Waals surface area contributed by atoms with Crippen LogP contribution in [0.2, 0.25) is 0 Å². The van der Waals surface area contributed by atoms with Gasteiger partial charge in [0.25, 0.3) is 0 Å². The molecule has 7 heteroatoms. The first-order chi connectivity index (χ1) is 13.5. The van der Waals surface area contributed by atoms with Crippen molar-refractivity contribution in [1.29, 1.82) is 0 Å². The van der Waals surface area contributed by atoms with Crippen LogP contribution in [0.5, 0.6) is 0 Å². The second-order valence-corrected chi connectivity index (χ2v) is 7.37. The number of piperidine rings is 1. The number of carbonyl (C=O) groups excluding carboxylic acids is 2. The highest BCUT2D eigenvalue weighted by molar-refractivity contribution is 5.87. The lowest BCUT2D eigenvalue weighted by atomic mass is 9.96. The Morgan fingerprint density at radius 3 is 2.46 bits per heavy atom. The molecule has 0 aromatic heterocycles. The Balaban J connectivity index is 1.81. The topological polar surface area (TPSA) is 73.5 Å². The van der Waals surface area contributed by atoms with E-state index in [0.29, 0.717) is 12.3 Å². The fourth-order valence-electron chi connectivity index (χ4n) is 3.47. The van der Waals surface area contributed by atoms with Gasteiger partial charge >= 0.3 is 6.03 Å². The largest absolute Gasteiger partial charge is 0.341 e. The summed E-state index contributed by atoms with van der Waals surface area (Å²) >= 11 is 0. The van der Waals surface area contributed by atoms with E-state index in [0.717, 1.165) is 51.0 Å². The summed E-state index contributed by atoms with van der Waals surface area (Å²) in [6.45, 7) is 7.84. The molecule has 3 N–H and O–H groups in total. The molecule has 1 aromatic rings. The van der Waals surface area contributed by atoms with E-state index < -0.39 is 6.04 Å². The van der Waals surface area contributed by atoms with E-state index in [4.69, 9.17) is 0 Å². The van der Waals surface area contributed by atoms with Crippen LogP contribution in [0.4, 0.5) is 9.18 Å². The summed E-state index contributed by atoms with van der Waals surface area (Å²) in [5.41, 5.74) is 0.803. The molecule has 1 saturated heterocycles. The smallest absolute Gasteiger partial charge is 0.315 e. The highest BCUT2D eigenvalue weighted by Crippen LogP contribution is 2.18. The predicted octanol–water partition coefficient (Wildman–Crippen LogP) is 2.64. The van der Waals surface area contributed by atoms with Crippen LogP contribution in [0.1, 0.15) is 45.1 Å². The van der Waals surface area contributed by atoms with Crippen LogP contribution in [-0.2, 0) is 11.3 Å². The molecule has 0 aliphatic carbocycles. The molecule has 1 unspecified atom stereocenters. The van der Waals surface area contributed by atoms with Gasteiger partial charge in [-0.3, -0.25) is 4.79 Å². The summed E-state index contributed by atoms with van der Waals surface area (Å²) < 4.78 is 12.9. The van der Waals surface area contributed by atoms with Crippen molar-refractivity contribution in [2.45, 2.75) is 52.1 Å². The predicted molar refractivity (Wildman–Crippen MR) is 108 cm³/mol. The first kappa shape index (κ1) is 22.1. The van der Waals surface area contributed by atoms with Gasteiger partial charge in [-0.2, -0.15) is 0 Å². The van der Waals surface area contributed by atoms with Crippen molar-refractivity contribution in [2.24, 2.45) is 5.92 Å². The van der Waals surface area contributed by atoms with Crippen molar-refractivity contribution in [3.8, 4) is 0 Å². The van der Waals surface area contributed by atoms with Gasteiger partial charge in [0.05, 0.1) is 0 Å². The Hall–Kier alpha value is -2.15. The number of amides is 3. The van der Waals surface area contributed by atoms with Crippen molar-refractivity contribution in [2.75, 3.05) is 26.2 Å². The summed E-state index contributed by atoms with van der Waals surface area (Å²) in [6.07, 6.45) is 3.41. The maximum Gasteiger partial charge on any atom is 0.315 e. The van der Waals surface area contributed by atoms with Gasteiger partial charge in [-0.05, 0) is 56.0 Å². The van der Waals surface area contributed by atoms with Crippen LogP contribution in [0, 0.1) is 11.7 Å². The van der Waals surface area contributed by atoms with Crippen molar-refractivity contribution in [1.82, 2.24) is 20.9 Å². The molecule has 156 valence electrons. The minimum atomic E-state index is -0.511. The number of urea groups is 1. The monoisotopic (exact) mass is 392 g/mol. The third-order valence-corrected chi connectivity index (χ3v) is 5.16. The van der Waals surface area contributed by atoms with Gasteiger partial charge < -0.3 is 20.9 Å². The van der Waals surface area contributed by atoms with Crippen LogP contribution in [0.3, 0.4) is 0 Å². The van der Waals surface area contributed by atoms with E-state index >= 15 is 0 Å². The zero-order valence-corrected chi connectivity index (χ0v) is 17.0. The van der Waals surface area contributed by atoms with Crippen LogP contribution in [0.25, 0.3) is 0 Å². The second-order valence-electron chi connectivity index (χ2n) is 7.37. The molecule has 28 heavy (non-hydrogen) atoms. The van der Waals surface area contributed by atoms with Gasteiger partial charge in [0.2, 0.25) is 5.91 Å². The van der Waals surface area contributed by atoms with Crippen LogP contribution in [0.15, 0.2) is 24.3 Å². The number of hydrogen-bond donors (Lipinski definition) is 3. The summed E-state index contributed by atoms with van der Waals surface area (Å²) in [4.78, 5) is 27.0. The lowest BCUT2D eigenvalue weighted by Crippen LogP contribution is -2.53. The van der Waals surface area contributed by atoms with Crippen molar-refractivity contribution in [3.05, 3.63) is 35.6 Å². The number of halogens is 1. The molecule has 1 aromatic carbocycles. The zero-order chi connectivity index (χ0) is 20.4. The van der Waals surface area contributed by atoms with Gasteiger partial charge in [-0.1, -0.05) is 32.4 Å². The molecule has 1 fully saturated rings. The number of nitrogens with one attached hydrogen (secondary N) is 3. The molecule has 6 nitrogen and oxygen atoms in total. The summed E-state index contributed by atoms with van der Waals surface area (Å²) in [7, 11) is 0. The van der Waals surface area contributed by atoms with Gasteiger partial charge in [-0.25, -0.2) is 9.18 Å². The number of hydrogen-bond acceptors (Lipinski definition) is 3. The van der Waals surface area contributed by atoms with E-state index in [1.165, 1.54) is 12.1 Å². The molecule has 1 heterocycles. The molecule has 1 aliphatic heterocycles. The first-order valence-electron chi connectivity index (χ1n) is 10.3. The third kappa shape index (κ3) is 7.11. The zero-order valence-electron chi connectivity index (χ0n) is 17.0. The van der Waals surface area contributed by atoms with Crippen LogP contribution < -0.4 is 16.0 Å². The van der Waals surface area contributed by atoms with Crippen molar-refractivity contribution < 1.29 is 14.0 Å². The fraction of sp³-hybridized carbons (Fsp3) is 0.619. The summed E-state index contributed by atoms with van der Waals surface area (Å²) in [5.74, 6) is 0.303. The summed E-state index contributed by atoms with van der Waals surface area (Å²) in [5, 5.41) is 8.93. The Morgan fingerprint density at radius 2 is 1.86 bits per heavy atom. The molecular formula is C21H33FN4O2. The van der Waals surface area contributed by atoms with Crippen LogP contribution in [-0.4, -0.2) is 49.1 Å². The van der Waals surface area contributed by atoms with Gasteiger partial charge in [0.15, 0.2) is 0 Å². The molecule has 0 bridgehead atoms. The highest BCUT2D eigenvalue weighted by atomic mass is 19.1. The molecular weight excluding hydrogens is 359 g/mol. The standard InChI is InChI=1S/C21H33FN4O2/c1-3-5-19(20(27)26-12-10-17(11-13-26)14-23-4-2)25-21(28)24-15-16-6-8-18(22)9-7-16/h6-9,17,19,23H,3-5,10-15H2,1-2H3,(H2,24,25,28). The second kappa shape index (κ2) is 11.6. The maximum atomic E-state index is 12.9. The third-order valence-electron chi connectivity index (χ3n) is 5.16. The van der Waals surface area contributed by atoms with E-state index in [-0.39, 0.29) is 24.3 Å². The SMILES string of the molecule is CCCC(NC(=O)NCc1ccc(F)cc1)C(=O)N1CCC(CNCC)CC1. The number of rotatable bonds is 9. The van der Waals surface area contributed by atoms with E-state index in [9.17, 15) is 14.0 Å². The van der Waals surface area contributed by atoms with E-state index in [1.807, 2.05) is 11.8 Å². The van der Waals surface area contributed by atoms with Gasteiger partial charge in [0, 0.05) is 19.6 Å². The molecule has 3 amide bonds. The minimum Gasteiger partial charge on any atom is -0.341 e. The fourth-order valence-corrected chi connectivity index (χ4v) is 3.47. The minimum absolute atomic E-state index is 0.000632. The van der Waals surface area contributed by atoms with Gasteiger partial charge in [-0.15, -0.1) is 0 Å². The average molecular weight is 393 g/mol. The number of benzene rings is 1. The van der Waals surface area contributed by atoms with E-state index in [1.54, 1.807) is 12.1 Å². The lowest BCUT2D eigenvalue weighted by Gasteiger charge is -2.34. The molecule has 1 atom stereocenters. The molecule has 0 saturated carbocycles. The Bertz CT molecular complexity index is 615. The maximum absolute atomic E-state index is 12.9. The first-order valence-corrected chi connectivity index (χ1v) is 10.3.